The Hall–Kier alpha value is -2.54. The van der Waals surface area contributed by atoms with E-state index >= 15 is 0 Å². The van der Waals surface area contributed by atoms with Crippen molar-refractivity contribution in [1.82, 2.24) is 15.2 Å². The van der Waals surface area contributed by atoms with Crippen LogP contribution in [0.4, 0.5) is 0 Å². The fourth-order valence-corrected chi connectivity index (χ4v) is 6.48. The molecule has 0 unspecified atom stereocenters. The predicted molar refractivity (Wildman–Crippen MR) is 184 cm³/mol. The van der Waals surface area contributed by atoms with E-state index < -0.39 is 0 Å². The fraction of sp³-hybridized carbons (Fsp3) is 0.541. The molecule has 1 saturated heterocycles. The second-order valence-electron chi connectivity index (χ2n) is 11.9. The van der Waals surface area contributed by atoms with Crippen LogP contribution in [-0.2, 0) is 11.3 Å². The van der Waals surface area contributed by atoms with Crippen molar-refractivity contribution in [2.75, 3.05) is 26.5 Å². The Balaban J connectivity index is 0.000000551. The number of para-hydroxylation sites is 2. The zero-order valence-corrected chi connectivity index (χ0v) is 28.4. The van der Waals surface area contributed by atoms with Crippen LogP contribution in [0.15, 0.2) is 59.5 Å². The van der Waals surface area contributed by atoms with Crippen LogP contribution in [0.3, 0.4) is 0 Å². The van der Waals surface area contributed by atoms with Gasteiger partial charge in [-0.2, -0.15) is 0 Å². The van der Waals surface area contributed by atoms with Crippen molar-refractivity contribution in [2.45, 2.75) is 109 Å². The molecule has 0 radical (unpaired) electrons. The van der Waals surface area contributed by atoms with E-state index in [4.69, 9.17) is 14.5 Å². The number of hydrogen-bond acceptors (Lipinski definition) is 6. The van der Waals surface area contributed by atoms with Gasteiger partial charge in [-0.15, -0.1) is 11.8 Å². The van der Waals surface area contributed by atoms with E-state index in [0.717, 1.165) is 51.1 Å². The minimum atomic E-state index is -0.315. The van der Waals surface area contributed by atoms with Gasteiger partial charge in [0.1, 0.15) is 5.75 Å². The van der Waals surface area contributed by atoms with Gasteiger partial charge in [0.05, 0.1) is 17.3 Å². The quantitative estimate of drug-likeness (QED) is 0.272. The highest BCUT2D eigenvalue weighted by atomic mass is 32.2. The van der Waals surface area contributed by atoms with E-state index in [9.17, 15) is 0 Å². The molecule has 1 spiro atoms. The number of rotatable bonds is 7. The lowest BCUT2D eigenvalue weighted by molar-refractivity contribution is -0.0209. The Bertz CT molecular complexity index is 1340. The molecule has 6 heteroatoms. The standard InChI is InChI=1S/C31H37N3OS.C4H10O.C2H6/c1-3-4-13-27-25-11-5-6-14-28(25)35-31(33-27)16-18-34(19-17-31)21-23-20-26(22-9-7-10-22)24-12-8-15-29(36-2)30(24)32-23;1-4(2)5-3;1-2/h5-6,8,11-15,20,22,33H,3-4,7,9-10,16-19,21H2,1-2H3;4H,1-3H3;1-2H3/b27-13+;;. The fourth-order valence-electron chi connectivity index (χ4n) is 5.91. The summed E-state index contributed by atoms with van der Waals surface area (Å²) in [5, 5.41) is 5.18. The van der Waals surface area contributed by atoms with Crippen LogP contribution in [0.5, 0.6) is 5.75 Å². The predicted octanol–water partition coefficient (Wildman–Crippen LogP) is 9.41. The number of ether oxygens (including phenoxy) is 2. The topological polar surface area (TPSA) is 46.6 Å². The third-order valence-corrected chi connectivity index (χ3v) is 9.42. The van der Waals surface area contributed by atoms with Crippen LogP contribution in [0.2, 0.25) is 0 Å². The number of fused-ring (bicyclic) bond motifs is 2. The molecule has 0 amide bonds. The summed E-state index contributed by atoms with van der Waals surface area (Å²) < 4.78 is 11.4. The molecule has 6 rings (SSSR count). The van der Waals surface area contributed by atoms with Crippen molar-refractivity contribution in [3.05, 3.63) is 71.4 Å². The van der Waals surface area contributed by atoms with Gasteiger partial charge in [-0.1, -0.05) is 64.0 Å². The van der Waals surface area contributed by atoms with Crippen molar-refractivity contribution in [2.24, 2.45) is 0 Å². The van der Waals surface area contributed by atoms with Crippen molar-refractivity contribution in [3.63, 3.8) is 0 Å². The van der Waals surface area contributed by atoms with Crippen LogP contribution in [0.1, 0.15) is 102 Å². The van der Waals surface area contributed by atoms with E-state index in [1.807, 2.05) is 39.5 Å². The Morgan fingerprint density at radius 1 is 1.12 bits per heavy atom. The first-order valence-electron chi connectivity index (χ1n) is 16.4. The molecule has 1 aromatic heterocycles. The smallest absolute Gasteiger partial charge is 0.183 e. The number of pyridine rings is 1. The average Bonchev–Trinajstić information content (AvgIpc) is 3.01. The number of nitrogens with zero attached hydrogens (tertiary/aromatic N) is 2. The van der Waals surface area contributed by atoms with Gasteiger partial charge >= 0.3 is 0 Å². The van der Waals surface area contributed by atoms with Crippen LogP contribution >= 0.6 is 11.8 Å². The maximum atomic E-state index is 6.63. The van der Waals surface area contributed by atoms with E-state index in [-0.39, 0.29) is 5.72 Å². The largest absolute Gasteiger partial charge is 0.467 e. The molecule has 3 heterocycles. The third-order valence-electron chi connectivity index (χ3n) is 8.66. The molecule has 0 bridgehead atoms. The summed E-state index contributed by atoms with van der Waals surface area (Å²) in [5.41, 5.74) is 6.03. The number of methoxy groups -OCH3 is 1. The van der Waals surface area contributed by atoms with Crippen molar-refractivity contribution in [3.8, 4) is 5.75 Å². The van der Waals surface area contributed by atoms with Crippen molar-refractivity contribution >= 4 is 28.4 Å². The van der Waals surface area contributed by atoms with Gasteiger partial charge in [0, 0.05) is 61.1 Å². The lowest BCUT2D eigenvalue weighted by Gasteiger charge is -2.46. The summed E-state index contributed by atoms with van der Waals surface area (Å²) in [6.45, 7) is 13.1. The molecule has 2 aliphatic heterocycles. The summed E-state index contributed by atoms with van der Waals surface area (Å²) in [4.78, 5) is 9.05. The summed E-state index contributed by atoms with van der Waals surface area (Å²) in [6, 6.07) is 17.6. The molecule has 0 atom stereocenters. The molecule has 3 aromatic rings. The average molecular weight is 604 g/mol. The summed E-state index contributed by atoms with van der Waals surface area (Å²) >= 11 is 1.81. The Morgan fingerprint density at radius 3 is 2.47 bits per heavy atom. The zero-order chi connectivity index (χ0) is 30.8. The number of benzene rings is 2. The molecule has 1 aliphatic carbocycles. The highest BCUT2D eigenvalue weighted by Gasteiger charge is 2.41. The van der Waals surface area contributed by atoms with E-state index in [1.54, 1.807) is 7.11 Å². The second kappa shape index (κ2) is 16.0. The summed E-state index contributed by atoms with van der Waals surface area (Å²) in [5.74, 6) is 1.71. The van der Waals surface area contributed by atoms with Crippen LogP contribution in [0.25, 0.3) is 16.6 Å². The van der Waals surface area contributed by atoms with Gasteiger partial charge in [-0.05, 0) is 75.1 Å². The van der Waals surface area contributed by atoms with Crippen LogP contribution < -0.4 is 10.1 Å². The van der Waals surface area contributed by atoms with E-state index in [0.29, 0.717) is 12.0 Å². The number of thioether (sulfide) groups is 1. The number of likely N-dealkylation sites (tertiary alicyclic amines) is 1. The third kappa shape index (κ3) is 8.14. The van der Waals surface area contributed by atoms with Crippen LogP contribution in [0, 0.1) is 0 Å². The maximum absolute atomic E-state index is 6.63. The minimum Gasteiger partial charge on any atom is -0.467 e. The SMILES string of the molecule is CC.CCC/C=C1/NC2(CCN(Cc3cc(C4CCC4)c4cccc(SC)c4n3)CC2)Oc2ccccc21.COC(C)C. The Morgan fingerprint density at radius 2 is 1.84 bits per heavy atom. The highest BCUT2D eigenvalue weighted by Crippen LogP contribution is 2.42. The van der Waals surface area contributed by atoms with Gasteiger partial charge < -0.3 is 14.8 Å². The Labute approximate surface area is 264 Å². The molecule has 5 nitrogen and oxygen atoms in total. The Kier molecular flexibility index (Phi) is 12.4. The first-order chi connectivity index (χ1) is 20.9. The summed E-state index contributed by atoms with van der Waals surface area (Å²) in [7, 11) is 1.70. The highest BCUT2D eigenvalue weighted by molar-refractivity contribution is 7.98. The normalized spacial score (nSPS) is 18.6. The van der Waals surface area contributed by atoms with Crippen molar-refractivity contribution < 1.29 is 9.47 Å². The van der Waals surface area contributed by atoms with Gasteiger partial charge in [0.15, 0.2) is 5.72 Å². The first kappa shape index (κ1) is 33.4. The molecule has 2 fully saturated rings. The van der Waals surface area contributed by atoms with Gasteiger partial charge in [0.2, 0.25) is 0 Å². The number of piperidine rings is 1. The molecular formula is C37H53N3O2S. The van der Waals surface area contributed by atoms with Gasteiger partial charge in [-0.25, -0.2) is 0 Å². The maximum Gasteiger partial charge on any atom is 0.183 e. The molecule has 1 N–H and O–H groups in total. The van der Waals surface area contributed by atoms with Gasteiger partial charge in [-0.3, -0.25) is 9.88 Å². The monoisotopic (exact) mass is 603 g/mol. The van der Waals surface area contributed by atoms with Crippen LogP contribution in [-0.4, -0.2) is 48.2 Å². The molecule has 234 valence electrons. The van der Waals surface area contributed by atoms with E-state index in [2.05, 4.69) is 78.0 Å². The van der Waals surface area contributed by atoms with Crippen molar-refractivity contribution in [1.29, 1.82) is 0 Å². The molecule has 2 aromatic carbocycles. The molecule has 3 aliphatic rings. The number of aromatic nitrogens is 1. The minimum absolute atomic E-state index is 0.315. The molecule has 1 saturated carbocycles. The lowest BCUT2D eigenvalue weighted by Crippen LogP contribution is -2.58. The number of allylic oxidation sites excluding steroid dienone is 1. The first-order valence-corrected chi connectivity index (χ1v) is 17.7. The number of unbranched alkanes of at least 4 members (excludes halogenated alkanes) is 1. The second-order valence-corrected chi connectivity index (χ2v) is 12.7. The molecular weight excluding hydrogens is 550 g/mol. The number of hydrogen-bond donors (Lipinski definition) is 1. The van der Waals surface area contributed by atoms with Gasteiger partial charge in [0.25, 0.3) is 0 Å². The lowest BCUT2D eigenvalue weighted by atomic mass is 9.78. The summed E-state index contributed by atoms with van der Waals surface area (Å²) in [6.07, 6.45) is 13.0. The number of nitrogens with one attached hydrogen (secondary N) is 1. The van der Waals surface area contributed by atoms with E-state index in [1.165, 1.54) is 57.6 Å². The zero-order valence-electron chi connectivity index (χ0n) is 27.5. The molecule has 43 heavy (non-hydrogen) atoms.